The second-order valence-corrected chi connectivity index (χ2v) is 5.48. The van der Waals surface area contributed by atoms with Crippen molar-refractivity contribution in [2.45, 2.75) is 31.2 Å². The van der Waals surface area contributed by atoms with Crippen molar-refractivity contribution < 1.29 is 9.90 Å². The molecule has 0 fully saturated rings. The van der Waals surface area contributed by atoms with Crippen LogP contribution in [0.3, 0.4) is 0 Å². The van der Waals surface area contributed by atoms with Crippen molar-refractivity contribution in [2.75, 3.05) is 17.2 Å². The summed E-state index contributed by atoms with van der Waals surface area (Å²) in [5.41, 5.74) is 2.45. The van der Waals surface area contributed by atoms with Gasteiger partial charge in [0.2, 0.25) is 0 Å². The van der Waals surface area contributed by atoms with E-state index >= 15 is 0 Å². The van der Waals surface area contributed by atoms with Crippen LogP contribution in [0.5, 0.6) is 0 Å². The Bertz CT molecular complexity index is 433. The fourth-order valence-electron chi connectivity index (χ4n) is 2.19. The van der Waals surface area contributed by atoms with E-state index in [0.29, 0.717) is 12.6 Å². The van der Waals surface area contributed by atoms with Crippen LogP contribution >= 0.6 is 11.8 Å². The van der Waals surface area contributed by atoms with Gasteiger partial charge < -0.3 is 10.0 Å². The van der Waals surface area contributed by atoms with Crippen LogP contribution in [0.1, 0.15) is 18.9 Å². The van der Waals surface area contributed by atoms with Crippen LogP contribution in [0.4, 0.5) is 5.69 Å². The number of nitrogens with zero attached hydrogens (tertiary/aromatic N) is 1. The average Bonchev–Trinajstić information content (AvgIpc) is 2.28. The molecule has 0 saturated heterocycles. The van der Waals surface area contributed by atoms with Crippen LogP contribution in [0.25, 0.3) is 0 Å². The normalized spacial score (nSPS) is 18.9. The molecule has 3 nitrogen and oxygen atoms in total. The van der Waals surface area contributed by atoms with Gasteiger partial charge in [-0.2, -0.15) is 0 Å². The minimum absolute atomic E-state index is 0.197. The number of carboxylic acids is 1. The van der Waals surface area contributed by atoms with Gasteiger partial charge in [0.05, 0.1) is 12.1 Å². The molecule has 0 amide bonds. The number of carbonyl (C=O) groups is 1. The maximum Gasteiger partial charge on any atom is 0.305 e. The van der Waals surface area contributed by atoms with Gasteiger partial charge in [-0.15, -0.1) is 11.8 Å². The van der Waals surface area contributed by atoms with Gasteiger partial charge in [-0.25, -0.2) is 0 Å². The van der Waals surface area contributed by atoms with E-state index in [9.17, 15) is 4.79 Å². The number of benzene rings is 1. The third-order valence-electron chi connectivity index (χ3n) is 3.07. The Morgan fingerprint density at radius 2 is 2.35 bits per heavy atom. The van der Waals surface area contributed by atoms with Gasteiger partial charge in [-0.05, 0) is 25.5 Å². The summed E-state index contributed by atoms with van der Waals surface area (Å²) >= 11 is 1.86. The molecule has 1 aromatic carbocycles. The summed E-state index contributed by atoms with van der Waals surface area (Å²) in [6.45, 7) is 4.84. The molecule has 0 bridgehead atoms. The zero-order chi connectivity index (χ0) is 12.4. The van der Waals surface area contributed by atoms with E-state index in [-0.39, 0.29) is 6.42 Å². The van der Waals surface area contributed by atoms with Gasteiger partial charge >= 0.3 is 5.97 Å². The number of para-hydroxylation sites is 1. The smallest absolute Gasteiger partial charge is 0.305 e. The van der Waals surface area contributed by atoms with E-state index in [1.54, 1.807) is 0 Å². The van der Waals surface area contributed by atoms with E-state index in [0.717, 1.165) is 5.75 Å². The van der Waals surface area contributed by atoms with Crippen LogP contribution in [0.2, 0.25) is 0 Å². The fraction of sp³-hybridized carbons (Fsp3) is 0.462. The first kappa shape index (κ1) is 12.3. The van der Waals surface area contributed by atoms with Gasteiger partial charge in [0.25, 0.3) is 0 Å². The minimum atomic E-state index is -0.731. The molecule has 17 heavy (non-hydrogen) atoms. The number of rotatable bonds is 3. The fourth-order valence-corrected chi connectivity index (χ4v) is 3.38. The van der Waals surface area contributed by atoms with Crippen LogP contribution in [0.15, 0.2) is 23.1 Å². The summed E-state index contributed by atoms with van der Waals surface area (Å²) in [6.07, 6.45) is 0.197. The average molecular weight is 251 g/mol. The Labute approximate surface area is 106 Å². The summed E-state index contributed by atoms with van der Waals surface area (Å²) in [5, 5.41) is 8.82. The van der Waals surface area contributed by atoms with Crippen molar-refractivity contribution in [3.05, 3.63) is 23.8 Å². The third kappa shape index (κ3) is 2.57. The predicted octanol–water partition coefficient (Wildman–Crippen LogP) is 2.77. The summed E-state index contributed by atoms with van der Waals surface area (Å²) in [7, 11) is 0. The number of aryl methyl sites for hydroxylation is 1. The van der Waals surface area contributed by atoms with Gasteiger partial charge in [0.15, 0.2) is 0 Å². The highest BCUT2D eigenvalue weighted by molar-refractivity contribution is 7.99. The summed E-state index contributed by atoms with van der Waals surface area (Å²) < 4.78 is 0. The Kier molecular flexibility index (Phi) is 3.62. The lowest BCUT2D eigenvalue weighted by molar-refractivity contribution is -0.136. The zero-order valence-electron chi connectivity index (χ0n) is 10.1. The number of carboxylic acid groups (broad SMARTS) is 1. The lowest BCUT2D eigenvalue weighted by Crippen LogP contribution is -2.39. The van der Waals surface area contributed by atoms with Crippen LogP contribution in [-0.2, 0) is 4.79 Å². The third-order valence-corrected chi connectivity index (χ3v) is 4.36. The Morgan fingerprint density at radius 3 is 3.06 bits per heavy atom. The molecule has 2 rings (SSSR count). The highest BCUT2D eigenvalue weighted by Crippen LogP contribution is 2.39. The van der Waals surface area contributed by atoms with Crippen molar-refractivity contribution in [3.63, 3.8) is 0 Å². The lowest BCUT2D eigenvalue weighted by Gasteiger charge is -2.37. The molecule has 0 radical (unpaired) electrons. The molecule has 1 atom stereocenters. The lowest BCUT2D eigenvalue weighted by atomic mass is 10.1. The van der Waals surface area contributed by atoms with Crippen LogP contribution in [0, 0.1) is 6.92 Å². The molecule has 0 aromatic heterocycles. The highest BCUT2D eigenvalue weighted by atomic mass is 32.2. The van der Waals surface area contributed by atoms with Crippen molar-refractivity contribution >= 4 is 23.4 Å². The van der Waals surface area contributed by atoms with Gasteiger partial charge in [0.1, 0.15) is 0 Å². The quantitative estimate of drug-likeness (QED) is 0.896. The highest BCUT2D eigenvalue weighted by Gasteiger charge is 2.25. The molecule has 4 heteroatoms. The van der Waals surface area contributed by atoms with Gasteiger partial charge in [-0.1, -0.05) is 12.1 Å². The summed E-state index contributed by atoms with van der Waals surface area (Å²) in [6, 6.07) is 6.66. The van der Waals surface area contributed by atoms with Crippen LogP contribution in [-0.4, -0.2) is 29.4 Å². The van der Waals surface area contributed by atoms with E-state index < -0.39 is 5.97 Å². The molecule has 1 N–H and O–H groups in total. The van der Waals surface area contributed by atoms with Crippen molar-refractivity contribution in [2.24, 2.45) is 0 Å². The number of anilines is 1. The molecule has 1 aliphatic heterocycles. The van der Waals surface area contributed by atoms with Gasteiger partial charge in [0, 0.05) is 23.2 Å². The first-order valence-electron chi connectivity index (χ1n) is 5.80. The standard InChI is InChI=1S/C13H17NO2S/c1-9-4-3-5-11-13(9)14(7-6-12(15)16)10(2)8-17-11/h3-5,10H,6-8H2,1-2H3,(H,15,16). The molecular weight excluding hydrogens is 234 g/mol. The molecular formula is C13H17NO2S. The number of fused-ring (bicyclic) bond motifs is 1. The second kappa shape index (κ2) is 5.00. The molecule has 1 aromatic rings. The van der Waals surface area contributed by atoms with Crippen LogP contribution < -0.4 is 4.90 Å². The van der Waals surface area contributed by atoms with Crippen molar-refractivity contribution in [1.29, 1.82) is 0 Å². The van der Waals surface area contributed by atoms with E-state index in [4.69, 9.17) is 5.11 Å². The molecule has 1 aliphatic rings. The molecule has 0 spiro atoms. The Morgan fingerprint density at radius 1 is 1.59 bits per heavy atom. The molecule has 92 valence electrons. The first-order chi connectivity index (χ1) is 8.09. The number of hydrogen-bond donors (Lipinski definition) is 1. The monoisotopic (exact) mass is 251 g/mol. The summed E-state index contributed by atoms with van der Waals surface area (Å²) in [5.74, 6) is 0.293. The number of hydrogen-bond acceptors (Lipinski definition) is 3. The minimum Gasteiger partial charge on any atom is -0.481 e. The number of aliphatic carboxylic acids is 1. The second-order valence-electron chi connectivity index (χ2n) is 4.42. The van der Waals surface area contributed by atoms with E-state index in [1.807, 2.05) is 11.8 Å². The molecule has 1 unspecified atom stereocenters. The maximum atomic E-state index is 10.7. The van der Waals surface area contributed by atoms with Gasteiger partial charge in [-0.3, -0.25) is 4.79 Å². The number of thioether (sulfide) groups is 1. The van der Waals surface area contributed by atoms with Crippen molar-refractivity contribution in [1.82, 2.24) is 0 Å². The zero-order valence-corrected chi connectivity index (χ0v) is 11.0. The largest absolute Gasteiger partial charge is 0.481 e. The van der Waals surface area contributed by atoms with E-state index in [2.05, 4.69) is 36.9 Å². The molecule has 0 saturated carbocycles. The summed E-state index contributed by atoms with van der Waals surface area (Å²) in [4.78, 5) is 14.2. The maximum absolute atomic E-state index is 10.7. The Balaban J connectivity index is 2.29. The molecule has 1 heterocycles. The van der Waals surface area contributed by atoms with Crippen molar-refractivity contribution in [3.8, 4) is 0 Å². The Hall–Kier alpha value is -1.16. The SMILES string of the molecule is Cc1cccc2c1N(CCC(=O)O)C(C)CS2. The predicted molar refractivity (Wildman–Crippen MR) is 71.0 cm³/mol. The topological polar surface area (TPSA) is 40.5 Å². The van der Waals surface area contributed by atoms with E-state index in [1.165, 1.54) is 16.1 Å². The first-order valence-corrected chi connectivity index (χ1v) is 6.79. The molecule has 0 aliphatic carbocycles.